The van der Waals surface area contributed by atoms with Crippen LogP contribution in [0.5, 0.6) is 0 Å². The molecule has 2 saturated heterocycles. The van der Waals surface area contributed by atoms with Crippen molar-refractivity contribution in [3.8, 4) is 0 Å². The number of urea groups is 1. The summed E-state index contributed by atoms with van der Waals surface area (Å²) in [6, 6.07) is 2.60. The quantitative estimate of drug-likeness (QED) is 0.661. The van der Waals surface area contributed by atoms with Gasteiger partial charge < -0.3 is 14.5 Å². The molecule has 7 nitrogen and oxygen atoms in total. The Morgan fingerprint density at radius 1 is 1.52 bits per heavy atom. The van der Waals surface area contributed by atoms with Gasteiger partial charge in [-0.2, -0.15) is 11.8 Å². The molecule has 2 aliphatic heterocycles. The fraction of sp³-hybridized carbons (Fsp3) is 0.462. The van der Waals surface area contributed by atoms with E-state index in [4.69, 9.17) is 4.42 Å². The first-order valence-corrected chi connectivity index (χ1v) is 7.60. The largest absolute Gasteiger partial charge is 0.463 e. The summed E-state index contributed by atoms with van der Waals surface area (Å²) in [5.74, 6) is 1.04. The van der Waals surface area contributed by atoms with Crippen molar-refractivity contribution in [1.82, 2.24) is 10.2 Å². The molecule has 112 valence electrons. The first-order chi connectivity index (χ1) is 10.1. The Kier molecular flexibility index (Phi) is 3.40. The highest BCUT2D eigenvalue weighted by Crippen LogP contribution is 2.34. The second-order valence-corrected chi connectivity index (χ2v) is 6.07. The molecule has 0 radical (unpaired) electrons. The molecule has 1 spiro atoms. The number of amides is 3. The molecular weight excluding hydrogens is 296 g/mol. The number of rotatable bonds is 3. The standard InChI is InChI=1S/C13H14N2O5S/c1-19-10(16)9-3-2-8(20-9)6-15-11(17)13(14-12(15)18)4-5-21-7-13/h2-3H,4-7H2,1H3,(H,14,18). The number of imide groups is 1. The molecule has 1 aromatic rings. The summed E-state index contributed by atoms with van der Waals surface area (Å²) < 4.78 is 9.84. The molecule has 0 saturated carbocycles. The number of esters is 1. The number of nitrogens with zero attached hydrogens (tertiary/aromatic N) is 1. The van der Waals surface area contributed by atoms with Crippen LogP contribution in [-0.4, -0.2) is 47.0 Å². The number of nitrogens with one attached hydrogen (secondary N) is 1. The zero-order valence-electron chi connectivity index (χ0n) is 11.4. The topological polar surface area (TPSA) is 88.9 Å². The molecular formula is C13H14N2O5S. The average Bonchev–Trinajstić information content (AvgIpc) is 3.17. The van der Waals surface area contributed by atoms with Crippen LogP contribution < -0.4 is 5.32 Å². The maximum atomic E-state index is 12.4. The summed E-state index contributed by atoms with van der Waals surface area (Å²) in [5, 5.41) is 2.77. The molecule has 3 heterocycles. The minimum absolute atomic E-state index is 0.00801. The molecule has 0 aromatic carbocycles. The molecule has 1 aromatic heterocycles. The smallest absolute Gasteiger partial charge is 0.373 e. The number of thioether (sulfide) groups is 1. The third-order valence-corrected chi connectivity index (χ3v) is 4.82. The van der Waals surface area contributed by atoms with Crippen molar-refractivity contribution < 1.29 is 23.5 Å². The van der Waals surface area contributed by atoms with Crippen molar-refractivity contribution in [2.24, 2.45) is 0 Å². The van der Waals surface area contributed by atoms with E-state index in [1.807, 2.05) is 0 Å². The molecule has 0 bridgehead atoms. The van der Waals surface area contributed by atoms with Crippen molar-refractivity contribution in [2.75, 3.05) is 18.6 Å². The van der Waals surface area contributed by atoms with Crippen molar-refractivity contribution >= 4 is 29.7 Å². The van der Waals surface area contributed by atoms with E-state index in [-0.39, 0.29) is 18.2 Å². The molecule has 1 atom stereocenters. The summed E-state index contributed by atoms with van der Waals surface area (Å²) in [4.78, 5) is 36.9. The van der Waals surface area contributed by atoms with Crippen LogP contribution in [0, 0.1) is 0 Å². The highest BCUT2D eigenvalue weighted by Gasteiger charge is 2.52. The predicted octanol–water partition coefficient (Wildman–Crippen LogP) is 0.994. The number of furan rings is 1. The maximum Gasteiger partial charge on any atom is 0.373 e. The van der Waals surface area contributed by atoms with Crippen molar-refractivity contribution in [1.29, 1.82) is 0 Å². The van der Waals surface area contributed by atoms with Gasteiger partial charge in [0, 0.05) is 5.75 Å². The lowest BCUT2D eigenvalue weighted by Crippen LogP contribution is -2.46. The lowest BCUT2D eigenvalue weighted by Gasteiger charge is -2.18. The highest BCUT2D eigenvalue weighted by atomic mass is 32.2. The predicted molar refractivity (Wildman–Crippen MR) is 73.8 cm³/mol. The fourth-order valence-electron chi connectivity index (χ4n) is 2.48. The first-order valence-electron chi connectivity index (χ1n) is 6.45. The van der Waals surface area contributed by atoms with E-state index < -0.39 is 17.5 Å². The van der Waals surface area contributed by atoms with E-state index in [0.29, 0.717) is 17.9 Å². The van der Waals surface area contributed by atoms with Gasteiger partial charge in [0.25, 0.3) is 5.91 Å². The molecule has 1 N–H and O–H groups in total. The number of carbonyl (C=O) groups excluding carboxylic acids is 3. The number of carbonyl (C=O) groups is 3. The Morgan fingerprint density at radius 2 is 2.33 bits per heavy atom. The van der Waals surface area contributed by atoms with Crippen LogP contribution >= 0.6 is 11.8 Å². The zero-order valence-corrected chi connectivity index (χ0v) is 12.2. The van der Waals surface area contributed by atoms with Gasteiger partial charge in [-0.1, -0.05) is 0 Å². The van der Waals surface area contributed by atoms with Crippen LogP contribution in [0.1, 0.15) is 22.7 Å². The molecule has 21 heavy (non-hydrogen) atoms. The van der Waals surface area contributed by atoms with Crippen LogP contribution in [0.15, 0.2) is 16.5 Å². The van der Waals surface area contributed by atoms with E-state index in [0.717, 1.165) is 10.7 Å². The third kappa shape index (κ3) is 2.29. The molecule has 0 aliphatic carbocycles. The number of methoxy groups -OCH3 is 1. The summed E-state index contributed by atoms with van der Waals surface area (Å²) in [6.45, 7) is 0.00801. The second-order valence-electron chi connectivity index (χ2n) is 4.96. The number of hydrogen-bond donors (Lipinski definition) is 1. The van der Waals surface area contributed by atoms with Gasteiger partial charge in [0.15, 0.2) is 0 Å². The molecule has 2 fully saturated rings. The maximum absolute atomic E-state index is 12.4. The van der Waals surface area contributed by atoms with E-state index in [1.54, 1.807) is 17.8 Å². The lowest BCUT2D eigenvalue weighted by atomic mass is 9.99. The Morgan fingerprint density at radius 3 is 3.00 bits per heavy atom. The minimum Gasteiger partial charge on any atom is -0.463 e. The van der Waals surface area contributed by atoms with Gasteiger partial charge in [-0.05, 0) is 24.3 Å². The summed E-state index contributed by atoms with van der Waals surface area (Å²) in [7, 11) is 1.25. The normalized spacial score (nSPS) is 24.7. The van der Waals surface area contributed by atoms with E-state index in [2.05, 4.69) is 10.1 Å². The third-order valence-electron chi connectivity index (χ3n) is 3.63. The molecule has 3 rings (SSSR count). The van der Waals surface area contributed by atoms with E-state index >= 15 is 0 Å². The first kappa shape index (κ1) is 14.0. The van der Waals surface area contributed by atoms with Gasteiger partial charge in [0.05, 0.1) is 13.7 Å². The minimum atomic E-state index is -0.764. The van der Waals surface area contributed by atoms with Crippen LogP contribution in [0.25, 0.3) is 0 Å². The van der Waals surface area contributed by atoms with Crippen molar-refractivity contribution in [3.05, 3.63) is 23.7 Å². The van der Waals surface area contributed by atoms with Gasteiger partial charge in [-0.3, -0.25) is 9.69 Å². The summed E-state index contributed by atoms with van der Waals surface area (Å²) in [5.41, 5.74) is -0.764. The Hall–Kier alpha value is -1.96. The van der Waals surface area contributed by atoms with Gasteiger partial charge in [0.2, 0.25) is 5.76 Å². The summed E-state index contributed by atoms with van der Waals surface area (Å²) in [6.07, 6.45) is 0.643. The SMILES string of the molecule is COC(=O)c1ccc(CN2C(=O)NC3(CCSC3)C2=O)o1. The van der Waals surface area contributed by atoms with Crippen LogP contribution in [-0.2, 0) is 16.1 Å². The van der Waals surface area contributed by atoms with E-state index in [1.165, 1.54) is 13.2 Å². The van der Waals surface area contributed by atoms with Gasteiger partial charge >= 0.3 is 12.0 Å². The lowest BCUT2D eigenvalue weighted by molar-refractivity contribution is -0.131. The number of ether oxygens (including phenoxy) is 1. The fourth-order valence-corrected chi connectivity index (χ4v) is 3.81. The average molecular weight is 310 g/mol. The molecule has 2 aliphatic rings. The monoisotopic (exact) mass is 310 g/mol. The van der Waals surface area contributed by atoms with Crippen molar-refractivity contribution in [2.45, 2.75) is 18.5 Å². The molecule has 1 unspecified atom stereocenters. The van der Waals surface area contributed by atoms with Gasteiger partial charge in [-0.25, -0.2) is 9.59 Å². The Labute approximate surface area is 125 Å². The van der Waals surface area contributed by atoms with Crippen molar-refractivity contribution in [3.63, 3.8) is 0 Å². The Balaban J connectivity index is 1.76. The van der Waals surface area contributed by atoms with Crippen LogP contribution in [0.3, 0.4) is 0 Å². The Bertz CT molecular complexity index is 605. The number of hydrogen-bond acceptors (Lipinski definition) is 6. The molecule has 8 heteroatoms. The zero-order chi connectivity index (χ0) is 15.0. The summed E-state index contributed by atoms with van der Waals surface area (Å²) >= 11 is 1.65. The van der Waals surface area contributed by atoms with Gasteiger partial charge in [-0.15, -0.1) is 0 Å². The highest BCUT2D eigenvalue weighted by molar-refractivity contribution is 7.99. The van der Waals surface area contributed by atoms with E-state index in [9.17, 15) is 14.4 Å². The molecule has 3 amide bonds. The van der Waals surface area contributed by atoms with Gasteiger partial charge in [0.1, 0.15) is 11.3 Å². The van der Waals surface area contributed by atoms with Crippen LogP contribution in [0.2, 0.25) is 0 Å². The van der Waals surface area contributed by atoms with Crippen LogP contribution in [0.4, 0.5) is 4.79 Å². The second kappa shape index (κ2) is 5.10.